The summed E-state index contributed by atoms with van der Waals surface area (Å²) in [4.78, 5) is 31.0. The van der Waals surface area contributed by atoms with Crippen LogP contribution >= 0.6 is 0 Å². The lowest BCUT2D eigenvalue weighted by atomic mass is 10.2. The van der Waals surface area contributed by atoms with Crippen molar-refractivity contribution in [1.82, 2.24) is 9.97 Å². The number of nitrogens with one attached hydrogen (secondary N) is 1. The van der Waals surface area contributed by atoms with Crippen molar-refractivity contribution in [3.63, 3.8) is 0 Å². The number of aromatic carboxylic acids is 1. The molecule has 0 atom stereocenters. The molecule has 3 rings (SSSR count). The Morgan fingerprint density at radius 3 is 2.67 bits per heavy atom. The number of pyridine rings is 2. The van der Waals surface area contributed by atoms with Crippen LogP contribution in [0.5, 0.6) is 0 Å². The number of anilines is 1. The van der Waals surface area contributed by atoms with Crippen LogP contribution in [0.15, 0.2) is 54.9 Å². The highest BCUT2D eigenvalue weighted by molar-refractivity contribution is 5.98. The molecule has 1 aromatic carbocycles. The molecule has 7 nitrogen and oxygen atoms in total. The maximum absolute atomic E-state index is 11.9. The molecule has 2 heterocycles. The van der Waals surface area contributed by atoms with Gasteiger partial charge in [0.25, 0.3) is 0 Å². The topological polar surface area (TPSA) is 101 Å². The maximum atomic E-state index is 11.9. The first-order chi connectivity index (χ1) is 11.6. The highest BCUT2D eigenvalue weighted by Crippen LogP contribution is 2.20. The number of ether oxygens (including phenoxy) is 1. The molecule has 24 heavy (non-hydrogen) atoms. The smallest absolute Gasteiger partial charge is 0.413 e. The van der Waals surface area contributed by atoms with Crippen LogP contribution in [-0.2, 0) is 11.3 Å². The molecular formula is C17H13N3O4. The lowest BCUT2D eigenvalue weighted by Crippen LogP contribution is -2.15. The maximum Gasteiger partial charge on any atom is 0.413 e. The van der Waals surface area contributed by atoms with Crippen molar-refractivity contribution in [2.24, 2.45) is 0 Å². The summed E-state index contributed by atoms with van der Waals surface area (Å²) in [6.07, 6.45) is 2.01. The zero-order valence-corrected chi connectivity index (χ0v) is 12.5. The standard InChI is InChI=1S/C17H13N3O4/c21-16(22)13-8-12-6-7-18-15(14(12)19-9-13)20-17(23)24-10-11-4-2-1-3-5-11/h1-9H,10H2,(H,21,22)(H,18,20,23). The predicted octanol–water partition coefficient (Wildman–Crippen LogP) is 3.08. The molecule has 1 amide bonds. The fraction of sp³-hybridized carbons (Fsp3) is 0.0588. The van der Waals surface area contributed by atoms with Crippen LogP contribution in [0.1, 0.15) is 15.9 Å². The molecule has 0 bridgehead atoms. The lowest BCUT2D eigenvalue weighted by molar-refractivity contribution is 0.0696. The minimum atomic E-state index is -1.07. The average molecular weight is 323 g/mol. The fourth-order valence-corrected chi connectivity index (χ4v) is 2.12. The van der Waals surface area contributed by atoms with Gasteiger partial charge in [-0.3, -0.25) is 10.3 Å². The number of amides is 1. The Morgan fingerprint density at radius 1 is 1.12 bits per heavy atom. The number of carboxylic acid groups (broad SMARTS) is 1. The third-order valence-corrected chi connectivity index (χ3v) is 3.28. The Hall–Kier alpha value is -3.48. The Morgan fingerprint density at radius 2 is 1.92 bits per heavy atom. The molecule has 0 spiro atoms. The van der Waals surface area contributed by atoms with E-state index in [9.17, 15) is 9.59 Å². The second-order valence-corrected chi connectivity index (χ2v) is 4.95. The van der Waals surface area contributed by atoms with E-state index in [1.165, 1.54) is 18.5 Å². The van der Waals surface area contributed by atoms with Gasteiger partial charge in [0.1, 0.15) is 12.1 Å². The van der Waals surface area contributed by atoms with Crippen molar-refractivity contribution in [3.8, 4) is 0 Å². The molecule has 7 heteroatoms. The first-order valence-corrected chi connectivity index (χ1v) is 7.09. The van der Waals surface area contributed by atoms with E-state index >= 15 is 0 Å². The fourth-order valence-electron chi connectivity index (χ4n) is 2.12. The van der Waals surface area contributed by atoms with E-state index in [0.717, 1.165) is 5.56 Å². The van der Waals surface area contributed by atoms with Crippen LogP contribution in [0.3, 0.4) is 0 Å². The quantitative estimate of drug-likeness (QED) is 0.765. The number of carboxylic acids is 1. The van der Waals surface area contributed by atoms with Crippen molar-refractivity contribution < 1.29 is 19.4 Å². The molecule has 2 N–H and O–H groups in total. The molecule has 0 saturated carbocycles. The Labute approximate surface area is 136 Å². The van der Waals surface area contributed by atoms with E-state index in [2.05, 4.69) is 15.3 Å². The molecular weight excluding hydrogens is 310 g/mol. The van der Waals surface area contributed by atoms with Crippen LogP contribution in [0.4, 0.5) is 10.6 Å². The third kappa shape index (κ3) is 3.46. The largest absolute Gasteiger partial charge is 0.478 e. The first-order valence-electron chi connectivity index (χ1n) is 7.09. The van der Waals surface area contributed by atoms with Crippen LogP contribution in [0.25, 0.3) is 10.9 Å². The van der Waals surface area contributed by atoms with E-state index in [4.69, 9.17) is 9.84 Å². The number of nitrogens with zero attached hydrogens (tertiary/aromatic N) is 2. The van der Waals surface area contributed by atoms with Crippen molar-refractivity contribution >= 4 is 28.8 Å². The van der Waals surface area contributed by atoms with E-state index in [-0.39, 0.29) is 18.0 Å². The molecule has 3 aromatic rings. The van der Waals surface area contributed by atoms with E-state index < -0.39 is 12.1 Å². The van der Waals surface area contributed by atoms with Gasteiger partial charge in [-0.25, -0.2) is 14.6 Å². The summed E-state index contributed by atoms with van der Waals surface area (Å²) in [6, 6.07) is 12.4. The SMILES string of the molecule is O=C(Nc1nccc2cc(C(=O)O)cnc12)OCc1ccccc1. The monoisotopic (exact) mass is 323 g/mol. The number of carbonyl (C=O) groups is 2. The number of hydrogen-bond donors (Lipinski definition) is 2. The summed E-state index contributed by atoms with van der Waals surface area (Å²) >= 11 is 0. The van der Waals surface area contributed by atoms with E-state index in [1.54, 1.807) is 6.07 Å². The van der Waals surface area contributed by atoms with Gasteiger partial charge in [-0.2, -0.15) is 0 Å². The van der Waals surface area contributed by atoms with Crippen LogP contribution < -0.4 is 5.32 Å². The number of aromatic nitrogens is 2. The summed E-state index contributed by atoms with van der Waals surface area (Å²) in [5.74, 6) is -0.861. The summed E-state index contributed by atoms with van der Waals surface area (Å²) in [5.41, 5.74) is 1.31. The minimum absolute atomic E-state index is 0.0614. The first kappa shape index (κ1) is 15.4. The molecule has 0 aliphatic carbocycles. The number of benzene rings is 1. The molecule has 0 fully saturated rings. The average Bonchev–Trinajstić information content (AvgIpc) is 2.60. The van der Waals surface area contributed by atoms with Gasteiger partial charge in [-0.1, -0.05) is 30.3 Å². The second-order valence-electron chi connectivity index (χ2n) is 4.95. The number of fused-ring (bicyclic) bond motifs is 1. The van der Waals surface area contributed by atoms with Crippen molar-refractivity contribution in [1.29, 1.82) is 0 Å². The summed E-state index contributed by atoms with van der Waals surface area (Å²) in [7, 11) is 0. The summed E-state index contributed by atoms with van der Waals surface area (Å²) < 4.78 is 5.13. The third-order valence-electron chi connectivity index (χ3n) is 3.28. The molecule has 0 aliphatic heterocycles. The van der Waals surface area contributed by atoms with Crippen LogP contribution in [0.2, 0.25) is 0 Å². The van der Waals surface area contributed by atoms with E-state index in [1.807, 2.05) is 30.3 Å². The van der Waals surface area contributed by atoms with Gasteiger partial charge in [0.05, 0.1) is 5.56 Å². The lowest BCUT2D eigenvalue weighted by Gasteiger charge is -2.08. The molecule has 2 aromatic heterocycles. The van der Waals surface area contributed by atoms with Gasteiger partial charge in [-0.05, 0) is 17.7 Å². The van der Waals surface area contributed by atoms with Crippen molar-refractivity contribution in [3.05, 3.63) is 66.0 Å². The highest BCUT2D eigenvalue weighted by Gasteiger charge is 2.11. The predicted molar refractivity (Wildman–Crippen MR) is 86.7 cm³/mol. The minimum Gasteiger partial charge on any atom is -0.478 e. The van der Waals surface area contributed by atoms with Gasteiger partial charge in [0.15, 0.2) is 5.82 Å². The van der Waals surface area contributed by atoms with Gasteiger partial charge in [0, 0.05) is 17.8 Å². The van der Waals surface area contributed by atoms with Gasteiger partial charge in [-0.15, -0.1) is 0 Å². The second kappa shape index (κ2) is 6.74. The summed E-state index contributed by atoms with van der Waals surface area (Å²) in [6.45, 7) is 0.133. The Bertz CT molecular complexity index is 897. The molecule has 0 saturated heterocycles. The summed E-state index contributed by atoms with van der Waals surface area (Å²) in [5, 5.41) is 12.1. The highest BCUT2D eigenvalue weighted by atomic mass is 16.5. The van der Waals surface area contributed by atoms with Gasteiger partial charge >= 0.3 is 12.1 Å². The van der Waals surface area contributed by atoms with Gasteiger partial charge < -0.3 is 9.84 Å². The zero-order valence-electron chi connectivity index (χ0n) is 12.5. The Kier molecular flexibility index (Phi) is 4.33. The van der Waals surface area contributed by atoms with Crippen molar-refractivity contribution in [2.75, 3.05) is 5.32 Å². The normalized spacial score (nSPS) is 10.3. The number of hydrogen-bond acceptors (Lipinski definition) is 5. The molecule has 120 valence electrons. The van der Waals surface area contributed by atoms with Crippen LogP contribution in [0, 0.1) is 0 Å². The molecule has 0 unspecified atom stereocenters. The van der Waals surface area contributed by atoms with Crippen LogP contribution in [-0.4, -0.2) is 27.1 Å². The number of rotatable bonds is 4. The van der Waals surface area contributed by atoms with E-state index in [0.29, 0.717) is 10.9 Å². The molecule has 0 aliphatic rings. The van der Waals surface area contributed by atoms with Crippen molar-refractivity contribution in [2.45, 2.75) is 6.61 Å². The Balaban J connectivity index is 1.74. The number of carbonyl (C=O) groups excluding carboxylic acids is 1. The van der Waals surface area contributed by atoms with Gasteiger partial charge in [0.2, 0.25) is 0 Å². The molecule has 0 radical (unpaired) electrons. The zero-order chi connectivity index (χ0) is 16.9.